The number of amides is 1. The van der Waals surface area contributed by atoms with Gasteiger partial charge in [0.2, 0.25) is 11.9 Å². The molecule has 0 fully saturated rings. The number of sulfonamides is 1. The molecule has 0 atom stereocenters. The summed E-state index contributed by atoms with van der Waals surface area (Å²) in [6.07, 6.45) is 0. The number of carbonyl (C=O) groups excluding carboxylic acids is 1. The van der Waals surface area contributed by atoms with Crippen molar-refractivity contribution in [1.29, 1.82) is 0 Å². The van der Waals surface area contributed by atoms with Crippen LogP contribution in [0.1, 0.15) is 18.3 Å². The van der Waals surface area contributed by atoms with E-state index in [2.05, 4.69) is 20.0 Å². The molecule has 1 aromatic heterocycles. The predicted octanol–water partition coefficient (Wildman–Crippen LogP) is -1.14. The van der Waals surface area contributed by atoms with Crippen LogP contribution in [0.25, 0.3) is 0 Å². The van der Waals surface area contributed by atoms with E-state index in [4.69, 9.17) is 0 Å². The van der Waals surface area contributed by atoms with Crippen molar-refractivity contribution < 1.29 is 42.8 Å². The first-order valence-electron chi connectivity index (χ1n) is 6.49. The van der Waals surface area contributed by atoms with Crippen LogP contribution in [0.5, 0.6) is 0 Å². The van der Waals surface area contributed by atoms with Crippen molar-refractivity contribution in [3.8, 4) is 0 Å². The van der Waals surface area contributed by atoms with Crippen molar-refractivity contribution >= 4 is 27.6 Å². The van der Waals surface area contributed by atoms with Crippen LogP contribution in [0.4, 0.5) is 11.6 Å². The van der Waals surface area contributed by atoms with Gasteiger partial charge in [-0.15, -0.1) is 0 Å². The quantitative estimate of drug-likeness (QED) is 0.683. The van der Waals surface area contributed by atoms with Crippen LogP contribution in [0.3, 0.4) is 0 Å². The first-order chi connectivity index (χ1) is 10.3. The molecule has 1 aromatic carbocycles. The van der Waals surface area contributed by atoms with Gasteiger partial charge in [0.05, 0.1) is 4.90 Å². The maximum absolute atomic E-state index is 12.3. The van der Waals surface area contributed by atoms with Gasteiger partial charge in [-0.1, -0.05) is 0 Å². The molecule has 0 aliphatic heterocycles. The molecule has 116 valence electrons. The molecule has 0 aliphatic carbocycles. The first-order valence-corrected chi connectivity index (χ1v) is 7.97. The summed E-state index contributed by atoms with van der Waals surface area (Å²) in [5.41, 5.74) is 1.87. The maximum Gasteiger partial charge on any atom is 1.00 e. The molecule has 0 unspecified atom stereocenters. The summed E-state index contributed by atoms with van der Waals surface area (Å²) < 4.78 is 26.9. The third-order valence-corrected chi connectivity index (χ3v) is 4.04. The van der Waals surface area contributed by atoms with Crippen LogP contribution in [0.2, 0.25) is 0 Å². The van der Waals surface area contributed by atoms with E-state index in [0.29, 0.717) is 17.1 Å². The Balaban J connectivity index is 0.00000264. The van der Waals surface area contributed by atoms with Crippen molar-refractivity contribution in [2.24, 2.45) is 0 Å². The summed E-state index contributed by atoms with van der Waals surface area (Å²) in [5, 5.41) is 2.57. The largest absolute Gasteiger partial charge is 1.00 e. The third-order valence-electron chi connectivity index (χ3n) is 2.69. The van der Waals surface area contributed by atoms with E-state index in [0.717, 1.165) is 0 Å². The Morgan fingerprint density at radius 1 is 1.04 bits per heavy atom. The minimum atomic E-state index is -3.78. The fourth-order valence-corrected chi connectivity index (χ4v) is 2.82. The molecule has 0 aliphatic rings. The predicted molar refractivity (Wildman–Crippen MR) is 83.1 cm³/mol. The van der Waals surface area contributed by atoms with Gasteiger partial charge in [0.15, 0.2) is 0 Å². The SMILES string of the molecule is CC(=O)Nc1ccc(S(=O)(=O)Nc2nc(C)cc(C)n2)cc1.[Na+]. The van der Waals surface area contributed by atoms with E-state index in [9.17, 15) is 13.2 Å². The van der Waals surface area contributed by atoms with Crippen LogP contribution in [0.15, 0.2) is 35.2 Å². The van der Waals surface area contributed by atoms with Crippen LogP contribution in [-0.4, -0.2) is 24.3 Å². The van der Waals surface area contributed by atoms with E-state index in [1.54, 1.807) is 19.9 Å². The van der Waals surface area contributed by atoms with E-state index >= 15 is 0 Å². The van der Waals surface area contributed by atoms with Gasteiger partial charge in [-0.25, -0.2) is 23.1 Å². The van der Waals surface area contributed by atoms with Gasteiger partial charge in [0.1, 0.15) is 0 Å². The standard InChI is InChI=1S/C14H16N4O3S.Na/c1-9-8-10(2)16-14(15-9)18-22(20,21)13-6-4-12(5-7-13)17-11(3)19;/h4-8H,1-3H3,(H,17,19)(H,15,16,18);/q;+1. The average molecular weight is 343 g/mol. The van der Waals surface area contributed by atoms with Crippen molar-refractivity contribution in [1.82, 2.24) is 9.97 Å². The van der Waals surface area contributed by atoms with Gasteiger partial charge in [-0.2, -0.15) is 0 Å². The fourth-order valence-electron chi connectivity index (χ4n) is 1.87. The van der Waals surface area contributed by atoms with Crippen LogP contribution >= 0.6 is 0 Å². The van der Waals surface area contributed by atoms with E-state index in [1.165, 1.54) is 31.2 Å². The minimum absolute atomic E-state index is 0. The Kier molecular flexibility index (Phi) is 6.69. The Hall–Kier alpha value is -1.48. The average Bonchev–Trinajstić information content (AvgIpc) is 2.36. The van der Waals surface area contributed by atoms with Gasteiger partial charge >= 0.3 is 29.6 Å². The monoisotopic (exact) mass is 343 g/mol. The topological polar surface area (TPSA) is 101 Å². The number of anilines is 2. The smallest absolute Gasteiger partial charge is 0.326 e. The maximum atomic E-state index is 12.3. The van der Waals surface area contributed by atoms with Crippen LogP contribution in [-0.2, 0) is 14.8 Å². The number of aryl methyl sites for hydroxylation is 2. The fraction of sp³-hybridized carbons (Fsp3) is 0.214. The summed E-state index contributed by atoms with van der Waals surface area (Å²) in [4.78, 5) is 19.1. The molecule has 2 aromatic rings. The Labute approximate surface area is 157 Å². The number of nitrogens with one attached hydrogen (secondary N) is 2. The van der Waals surface area contributed by atoms with Crippen LogP contribution in [0, 0.1) is 13.8 Å². The molecule has 0 spiro atoms. The molecule has 9 heteroatoms. The summed E-state index contributed by atoms with van der Waals surface area (Å²) in [6, 6.07) is 7.57. The zero-order chi connectivity index (χ0) is 16.3. The van der Waals surface area contributed by atoms with E-state index in [1.807, 2.05) is 0 Å². The first kappa shape index (κ1) is 19.6. The second-order valence-electron chi connectivity index (χ2n) is 4.79. The number of aromatic nitrogens is 2. The Morgan fingerprint density at radius 2 is 1.57 bits per heavy atom. The number of hydrogen-bond donors (Lipinski definition) is 2. The number of nitrogens with zero attached hydrogens (tertiary/aromatic N) is 2. The second kappa shape index (κ2) is 7.87. The zero-order valence-electron chi connectivity index (χ0n) is 13.4. The third kappa shape index (κ3) is 5.58. The molecule has 0 radical (unpaired) electrons. The van der Waals surface area contributed by atoms with Crippen molar-refractivity contribution in [2.45, 2.75) is 25.7 Å². The molecule has 0 saturated heterocycles. The molecule has 0 saturated carbocycles. The molecule has 0 bridgehead atoms. The molecular weight excluding hydrogens is 327 g/mol. The number of rotatable bonds is 4. The summed E-state index contributed by atoms with van der Waals surface area (Å²) in [5.74, 6) is -0.194. The van der Waals surface area contributed by atoms with E-state index < -0.39 is 10.0 Å². The van der Waals surface area contributed by atoms with Crippen molar-refractivity contribution in [3.63, 3.8) is 0 Å². The molecule has 1 heterocycles. The molecule has 2 N–H and O–H groups in total. The van der Waals surface area contributed by atoms with Gasteiger partial charge in [-0.3, -0.25) is 4.79 Å². The summed E-state index contributed by atoms with van der Waals surface area (Å²) in [6.45, 7) is 4.90. The zero-order valence-corrected chi connectivity index (χ0v) is 16.2. The normalized spacial score (nSPS) is 10.6. The van der Waals surface area contributed by atoms with Crippen LogP contribution < -0.4 is 39.6 Å². The Morgan fingerprint density at radius 3 is 2.04 bits per heavy atom. The van der Waals surface area contributed by atoms with Gasteiger partial charge < -0.3 is 5.32 Å². The van der Waals surface area contributed by atoms with Gasteiger partial charge in [-0.05, 0) is 44.2 Å². The number of hydrogen-bond acceptors (Lipinski definition) is 5. The molecule has 23 heavy (non-hydrogen) atoms. The van der Waals surface area contributed by atoms with Gasteiger partial charge in [0, 0.05) is 24.0 Å². The Bertz CT molecular complexity index is 787. The molecule has 1 amide bonds. The summed E-state index contributed by atoms with van der Waals surface area (Å²) >= 11 is 0. The number of benzene rings is 1. The van der Waals surface area contributed by atoms with E-state index in [-0.39, 0.29) is 46.3 Å². The minimum Gasteiger partial charge on any atom is -0.326 e. The number of carbonyl (C=O) groups is 1. The van der Waals surface area contributed by atoms with Crippen molar-refractivity contribution in [3.05, 3.63) is 41.7 Å². The second-order valence-corrected chi connectivity index (χ2v) is 6.47. The molecular formula is C14H16N4NaO3S+. The molecule has 2 rings (SSSR count). The summed E-state index contributed by atoms with van der Waals surface area (Å²) in [7, 11) is -3.78. The molecule has 7 nitrogen and oxygen atoms in total. The van der Waals surface area contributed by atoms with Crippen molar-refractivity contribution in [2.75, 3.05) is 10.0 Å². The van der Waals surface area contributed by atoms with Gasteiger partial charge in [0.25, 0.3) is 10.0 Å².